The van der Waals surface area contributed by atoms with Crippen molar-refractivity contribution in [1.82, 2.24) is 9.88 Å². The van der Waals surface area contributed by atoms with Crippen LogP contribution in [-0.2, 0) is 0 Å². The van der Waals surface area contributed by atoms with Gasteiger partial charge in [-0.1, -0.05) is 24.4 Å². The zero-order valence-corrected chi connectivity index (χ0v) is 10.9. The predicted molar refractivity (Wildman–Crippen MR) is 69.6 cm³/mol. The molecule has 1 aliphatic rings. The quantitative estimate of drug-likeness (QED) is 0.894. The average molecular weight is 269 g/mol. The SMILES string of the molecule is O=C(c1cc(Cl)ccn1)N1CCCCCC1CO. The molecular weight excluding hydrogens is 252 g/mol. The summed E-state index contributed by atoms with van der Waals surface area (Å²) in [6.45, 7) is 0.685. The second kappa shape index (κ2) is 6.16. The largest absolute Gasteiger partial charge is 0.394 e. The van der Waals surface area contributed by atoms with Crippen LogP contribution in [0.1, 0.15) is 36.2 Å². The third kappa shape index (κ3) is 3.00. The van der Waals surface area contributed by atoms with Crippen LogP contribution in [0.25, 0.3) is 0 Å². The second-order valence-electron chi connectivity index (χ2n) is 4.54. The van der Waals surface area contributed by atoms with Crippen molar-refractivity contribution in [1.29, 1.82) is 0 Å². The van der Waals surface area contributed by atoms with Crippen LogP contribution in [0.15, 0.2) is 18.3 Å². The fourth-order valence-corrected chi connectivity index (χ4v) is 2.46. The molecule has 5 heteroatoms. The van der Waals surface area contributed by atoms with E-state index in [9.17, 15) is 9.90 Å². The highest BCUT2D eigenvalue weighted by Gasteiger charge is 2.26. The third-order valence-electron chi connectivity index (χ3n) is 3.29. The molecule has 0 aromatic carbocycles. The van der Waals surface area contributed by atoms with E-state index >= 15 is 0 Å². The van der Waals surface area contributed by atoms with E-state index in [1.165, 1.54) is 6.20 Å². The van der Waals surface area contributed by atoms with E-state index in [0.29, 0.717) is 17.3 Å². The van der Waals surface area contributed by atoms with Gasteiger partial charge in [0, 0.05) is 17.8 Å². The van der Waals surface area contributed by atoms with E-state index in [-0.39, 0.29) is 18.6 Å². The zero-order chi connectivity index (χ0) is 13.0. The Balaban J connectivity index is 2.19. The molecule has 2 heterocycles. The number of carbonyl (C=O) groups excluding carboxylic acids is 1. The Morgan fingerprint density at radius 3 is 3.06 bits per heavy atom. The lowest BCUT2D eigenvalue weighted by atomic mass is 10.1. The summed E-state index contributed by atoms with van der Waals surface area (Å²) in [5.74, 6) is -0.140. The molecule has 1 fully saturated rings. The van der Waals surface area contributed by atoms with E-state index in [1.807, 2.05) is 0 Å². The van der Waals surface area contributed by atoms with Crippen molar-refractivity contribution in [3.8, 4) is 0 Å². The third-order valence-corrected chi connectivity index (χ3v) is 3.52. The number of rotatable bonds is 2. The van der Waals surface area contributed by atoms with Crippen LogP contribution in [-0.4, -0.2) is 40.1 Å². The maximum atomic E-state index is 12.4. The molecule has 1 atom stereocenters. The number of pyridine rings is 1. The van der Waals surface area contributed by atoms with Crippen molar-refractivity contribution in [2.75, 3.05) is 13.2 Å². The lowest BCUT2D eigenvalue weighted by Crippen LogP contribution is -2.42. The zero-order valence-electron chi connectivity index (χ0n) is 10.2. The highest BCUT2D eigenvalue weighted by atomic mass is 35.5. The molecule has 0 bridgehead atoms. The maximum Gasteiger partial charge on any atom is 0.272 e. The number of aliphatic hydroxyl groups is 1. The van der Waals surface area contributed by atoms with Crippen LogP contribution in [0.5, 0.6) is 0 Å². The van der Waals surface area contributed by atoms with Gasteiger partial charge in [-0.15, -0.1) is 0 Å². The monoisotopic (exact) mass is 268 g/mol. The van der Waals surface area contributed by atoms with Crippen LogP contribution in [0.4, 0.5) is 0 Å². The van der Waals surface area contributed by atoms with Crippen molar-refractivity contribution >= 4 is 17.5 Å². The summed E-state index contributed by atoms with van der Waals surface area (Å²) < 4.78 is 0. The number of carbonyl (C=O) groups is 1. The van der Waals surface area contributed by atoms with Gasteiger partial charge in [0.05, 0.1) is 12.6 Å². The minimum Gasteiger partial charge on any atom is -0.394 e. The molecule has 1 aromatic heterocycles. The first-order valence-corrected chi connectivity index (χ1v) is 6.63. The summed E-state index contributed by atoms with van der Waals surface area (Å²) >= 11 is 5.87. The predicted octanol–water partition coefficient (Wildman–Crippen LogP) is 2.11. The summed E-state index contributed by atoms with van der Waals surface area (Å²) in [6, 6.07) is 3.12. The molecule has 18 heavy (non-hydrogen) atoms. The molecule has 0 radical (unpaired) electrons. The highest BCUT2D eigenvalue weighted by Crippen LogP contribution is 2.19. The number of amides is 1. The molecule has 1 aliphatic heterocycles. The fourth-order valence-electron chi connectivity index (χ4n) is 2.30. The van der Waals surface area contributed by atoms with E-state index in [1.54, 1.807) is 17.0 Å². The van der Waals surface area contributed by atoms with E-state index in [2.05, 4.69) is 4.98 Å². The number of halogens is 1. The van der Waals surface area contributed by atoms with Crippen molar-refractivity contribution in [3.63, 3.8) is 0 Å². The molecule has 1 saturated heterocycles. The van der Waals surface area contributed by atoms with Gasteiger partial charge in [0.25, 0.3) is 5.91 Å². The Morgan fingerprint density at radius 1 is 1.50 bits per heavy atom. The standard InChI is InChI=1S/C13H17ClN2O2/c14-10-5-6-15-12(8-10)13(18)16-7-3-1-2-4-11(16)9-17/h5-6,8,11,17H,1-4,7,9H2. The number of hydrogen-bond acceptors (Lipinski definition) is 3. The van der Waals surface area contributed by atoms with E-state index in [4.69, 9.17) is 11.6 Å². The van der Waals surface area contributed by atoms with E-state index in [0.717, 1.165) is 25.7 Å². The van der Waals surface area contributed by atoms with Gasteiger partial charge in [-0.2, -0.15) is 0 Å². The Morgan fingerprint density at radius 2 is 2.33 bits per heavy atom. The number of aliphatic hydroxyl groups excluding tert-OH is 1. The van der Waals surface area contributed by atoms with Crippen molar-refractivity contribution in [2.45, 2.75) is 31.7 Å². The van der Waals surface area contributed by atoms with Gasteiger partial charge < -0.3 is 10.0 Å². The molecule has 1 aromatic rings. The molecule has 4 nitrogen and oxygen atoms in total. The Labute approximate surface area is 112 Å². The van der Waals surface area contributed by atoms with E-state index < -0.39 is 0 Å². The Kier molecular flexibility index (Phi) is 4.55. The number of hydrogen-bond donors (Lipinski definition) is 1. The summed E-state index contributed by atoms with van der Waals surface area (Å²) in [6.07, 6.45) is 5.51. The lowest BCUT2D eigenvalue weighted by molar-refractivity contribution is 0.0594. The molecule has 1 amide bonds. The number of aromatic nitrogens is 1. The van der Waals surface area contributed by atoms with Gasteiger partial charge in [-0.25, -0.2) is 0 Å². The minimum absolute atomic E-state index is 0.00626. The summed E-state index contributed by atoms with van der Waals surface area (Å²) in [7, 11) is 0. The van der Waals surface area contributed by atoms with Crippen molar-refractivity contribution in [2.24, 2.45) is 0 Å². The lowest BCUT2D eigenvalue weighted by Gasteiger charge is -2.28. The van der Waals surface area contributed by atoms with Crippen molar-refractivity contribution in [3.05, 3.63) is 29.0 Å². The highest BCUT2D eigenvalue weighted by molar-refractivity contribution is 6.30. The second-order valence-corrected chi connectivity index (χ2v) is 4.98. The van der Waals surface area contributed by atoms with Gasteiger partial charge in [0.2, 0.25) is 0 Å². The van der Waals surface area contributed by atoms with Crippen LogP contribution in [0, 0.1) is 0 Å². The Hall–Kier alpha value is -1.13. The fraction of sp³-hybridized carbons (Fsp3) is 0.538. The first kappa shape index (κ1) is 13.3. The van der Waals surface area contributed by atoms with Gasteiger partial charge in [-0.3, -0.25) is 9.78 Å². The molecule has 0 spiro atoms. The Bertz CT molecular complexity index is 425. The smallest absolute Gasteiger partial charge is 0.272 e. The topological polar surface area (TPSA) is 53.4 Å². The number of nitrogens with zero attached hydrogens (tertiary/aromatic N) is 2. The first-order chi connectivity index (χ1) is 8.72. The molecule has 1 N–H and O–H groups in total. The molecule has 98 valence electrons. The molecule has 0 aliphatic carbocycles. The molecule has 0 saturated carbocycles. The van der Waals surface area contributed by atoms with Crippen LogP contribution in [0.3, 0.4) is 0 Å². The normalized spacial score (nSPS) is 20.6. The average Bonchev–Trinajstić information content (AvgIpc) is 2.62. The van der Waals surface area contributed by atoms with Gasteiger partial charge >= 0.3 is 0 Å². The van der Waals surface area contributed by atoms with Gasteiger partial charge in [0.15, 0.2) is 0 Å². The van der Waals surface area contributed by atoms with Crippen LogP contribution in [0.2, 0.25) is 5.02 Å². The van der Waals surface area contributed by atoms with Crippen LogP contribution >= 0.6 is 11.6 Å². The van der Waals surface area contributed by atoms with Gasteiger partial charge in [-0.05, 0) is 25.0 Å². The molecule has 1 unspecified atom stereocenters. The summed E-state index contributed by atoms with van der Waals surface area (Å²) in [4.78, 5) is 18.2. The van der Waals surface area contributed by atoms with Crippen LogP contribution < -0.4 is 0 Å². The molecule has 2 rings (SSSR count). The van der Waals surface area contributed by atoms with Crippen molar-refractivity contribution < 1.29 is 9.90 Å². The maximum absolute atomic E-state index is 12.4. The van der Waals surface area contributed by atoms with Gasteiger partial charge in [0.1, 0.15) is 5.69 Å². The summed E-state index contributed by atoms with van der Waals surface area (Å²) in [5, 5.41) is 9.90. The molecular formula is C13H17ClN2O2. The minimum atomic E-state index is -0.140. The summed E-state index contributed by atoms with van der Waals surface area (Å²) in [5.41, 5.74) is 0.350. The number of likely N-dealkylation sites (tertiary alicyclic amines) is 1. The first-order valence-electron chi connectivity index (χ1n) is 6.26.